The first-order chi connectivity index (χ1) is 19.4. The Balaban J connectivity index is 1.49. The number of hydrogen-bond acceptors (Lipinski definition) is 3. The van der Waals surface area contributed by atoms with Crippen molar-refractivity contribution in [1.29, 1.82) is 0 Å². The first kappa shape index (κ1) is 26.0. The van der Waals surface area contributed by atoms with Gasteiger partial charge in [-0.2, -0.15) is 0 Å². The Kier molecular flexibility index (Phi) is 6.75. The number of hydrogen-bond donors (Lipinski definition) is 1. The molecule has 0 radical (unpaired) electrons. The highest BCUT2D eigenvalue weighted by Gasteiger charge is 2.37. The first-order valence-corrected chi connectivity index (χ1v) is 14.3. The molecule has 200 valence electrons. The minimum absolute atomic E-state index is 0.0532. The molecule has 3 heteroatoms. The summed E-state index contributed by atoms with van der Waals surface area (Å²) in [6.07, 6.45) is 19.5. The molecule has 2 atom stereocenters. The van der Waals surface area contributed by atoms with Crippen molar-refractivity contribution >= 4 is 18.3 Å². The van der Waals surface area contributed by atoms with Gasteiger partial charge in [0.2, 0.25) is 5.66 Å². The van der Waals surface area contributed by atoms with Crippen molar-refractivity contribution in [2.45, 2.75) is 51.6 Å². The van der Waals surface area contributed by atoms with Crippen LogP contribution in [0, 0.1) is 12.8 Å². The van der Waals surface area contributed by atoms with Crippen molar-refractivity contribution in [2.24, 2.45) is 15.9 Å². The van der Waals surface area contributed by atoms with Crippen molar-refractivity contribution in [3.05, 3.63) is 137 Å². The van der Waals surface area contributed by atoms with E-state index in [0.29, 0.717) is 5.92 Å². The standard InChI is InChI=1S/C37H37N3/c1-26-17-21-30(22-18-26)37(29-12-7-5-8-13-29)39-25-38-35(40-37)28-20-19-27(2)33(24-28)31-15-11-16-34-32(31)14-9-6-10-23-36(34,3)4/h5-17,19-22,24-26H,18,23H2,1-4H3,(H,38,39,40)/b10-6-,14-9-. The summed E-state index contributed by atoms with van der Waals surface area (Å²) in [5.74, 6) is 1.34. The fraction of sp³-hybridized carbons (Fsp3) is 0.243. The Hall–Kier alpha value is -4.24. The van der Waals surface area contributed by atoms with Crippen molar-refractivity contribution in [2.75, 3.05) is 0 Å². The molecule has 1 aliphatic heterocycles. The minimum atomic E-state index is -0.815. The van der Waals surface area contributed by atoms with Gasteiger partial charge in [0.05, 0.1) is 6.34 Å². The predicted octanol–water partition coefficient (Wildman–Crippen LogP) is 8.67. The third-order valence-corrected chi connectivity index (χ3v) is 8.39. The van der Waals surface area contributed by atoms with E-state index in [1.165, 1.54) is 27.8 Å². The molecule has 6 rings (SSSR count). The third-order valence-electron chi connectivity index (χ3n) is 8.39. The van der Waals surface area contributed by atoms with Gasteiger partial charge in [0, 0.05) is 16.7 Å². The summed E-state index contributed by atoms with van der Waals surface area (Å²) in [5.41, 5.74) is 8.86. The van der Waals surface area contributed by atoms with Crippen LogP contribution in [0.3, 0.4) is 0 Å². The number of benzene rings is 3. The Morgan fingerprint density at radius 2 is 1.75 bits per heavy atom. The number of aliphatic imine (C=N–C) groups is 2. The minimum Gasteiger partial charge on any atom is -0.331 e. The Morgan fingerprint density at radius 1 is 0.900 bits per heavy atom. The van der Waals surface area contributed by atoms with E-state index in [2.05, 4.69) is 136 Å². The van der Waals surface area contributed by atoms with Gasteiger partial charge in [0.25, 0.3) is 0 Å². The zero-order valence-corrected chi connectivity index (χ0v) is 23.9. The predicted molar refractivity (Wildman–Crippen MR) is 170 cm³/mol. The van der Waals surface area contributed by atoms with Crippen LogP contribution in [-0.2, 0) is 11.1 Å². The van der Waals surface area contributed by atoms with Crippen LogP contribution in [0.5, 0.6) is 0 Å². The summed E-state index contributed by atoms with van der Waals surface area (Å²) >= 11 is 0. The normalized spacial score (nSPS) is 24.6. The zero-order valence-electron chi connectivity index (χ0n) is 23.9. The van der Waals surface area contributed by atoms with Gasteiger partial charge in [-0.3, -0.25) is 0 Å². The summed E-state index contributed by atoms with van der Waals surface area (Å²) in [6, 6.07) is 23.8. The van der Waals surface area contributed by atoms with Gasteiger partial charge in [-0.15, -0.1) is 0 Å². The third kappa shape index (κ3) is 4.70. The molecule has 0 amide bonds. The molecule has 0 fully saturated rings. The van der Waals surface area contributed by atoms with Gasteiger partial charge >= 0.3 is 0 Å². The average Bonchev–Trinajstić information content (AvgIpc) is 2.97. The molecule has 3 nitrogen and oxygen atoms in total. The molecule has 3 aromatic rings. The van der Waals surface area contributed by atoms with Crippen LogP contribution in [0.15, 0.2) is 119 Å². The second-order valence-corrected chi connectivity index (χ2v) is 11.8. The van der Waals surface area contributed by atoms with Crippen molar-refractivity contribution < 1.29 is 0 Å². The summed E-state index contributed by atoms with van der Waals surface area (Å²) in [6.45, 7) is 9.11. The van der Waals surface area contributed by atoms with Gasteiger partial charge in [-0.05, 0) is 65.0 Å². The molecule has 3 aliphatic rings. The highest BCUT2D eigenvalue weighted by Crippen LogP contribution is 2.41. The maximum atomic E-state index is 5.37. The lowest BCUT2D eigenvalue weighted by Gasteiger charge is -2.33. The number of rotatable bonds is 4. The number of nitrogens with zero attached hydrogens (tertiary/aromatic N) is 2. The lowest BCUT2D eigenvalue weighted by molar-refractivity contribution is 0.533. The number of fused-ring (bicyclic) bond motifs is 1. The van der Waals surface area contributed by atoms with Crippen LogP contribution < -0.4 is 5.32 Å². The number of aryl methyl sites for hydroxylation is 1. The first-order valence-electron chi connectivity index (χ1n) is 14.3. The summed E-state index contributed by atoms with van der Waals surface area (Å²) in [7, 11) is 0. The highest BCUT2D eigenvalue weighted by atomic mass is 15.2. The molecule has 2 aliphatic carbocycles. The molecule has 0 bridgehead atoms. The van der Waals surface area contributed by atoms with E-state index in [0.717, 1.165) is 35.4 Å². The lowest BCUT2D eigenvalue weighted by atomic mass is 9.76. The molecular formula is C37H37N3. The molecule has 0 aromatic heterocycles. The molecular weight excluding hydrogens is 486 g/mol. The van der Waals surface area contributed by atoms with Crippen LogP contribution in [-0.4, -0.2) is 12.2 Å². The van der Waals surface area contributed by atoms with E-state index in [1.54, 1.807) is 0 Å². The fourth-order valence-corrected chi connectivity index (χ4v) is 5.99. The number of amidine groups is 1. The SMILES string of the molecule is Cc1ccc(C2=NC(C3=CCC(C)C=C3)(c3ccccc3)N=CN2)cc1-c1cccc2c1/C=C\C=C/CC2(C)C. The van der Waals surface area contributed by atoms with Crippen LogP contribution in [0.2, 0.25) is 0 Å². The largest absolute Gasteiger partial charge is 0.331 e. The Morgan fingerprint density at radius 3 is 2.55 bits per heavy atom. The Bertz CT molecular complexity index is 1610. The number of nitrogens with one attached hydrogen (secondary N) is 1. The summed E-state index contributed by atoms with van der Waals surface area (Å²) in [5, 5.41) is 3.38. The quantitative estimate of drug-likeness (QED) is 0.365. The molecule has 1 N–H and O–H groups in total. The number of allylic oxidation sites excluding steroid dienone is 5. The summed E-state index contributed by atoms with van der Waals surface area (Å²) < 4.78 is 0. The fourth-order valence-electron chi connectivity index (χ4n) is 5.99. The van der Waals surface area contributed by atoms with Crippen LogP contribution >= 0.6 is 0 Å². The summed E-state index contributed by atoms with van der Waals surface area (Å²) in [4.78, 5) is 10.4. The van der Waals surface area contributed by atoms with Crippen LogP contribution in [0.4, 0.5) is 0 Å². The second kappa shape index (κ2) is 10.4. The average molecular weight is 524 g/mol. The molecule has 0 saturated heterocycles. The maximum absolute atomic E-state index is 5.37. The van der Waals surface area contributed by atoms with Gasteiger partial charge in [0.1, 0.15) is 5.84 Å². The van der Waals surface area contributed by atoms with Gasteiger partial charge < -0.3 is 5.32 Å². The van der Waals surface area contributed by atoms with Gasteiger partial charge in [-0.1, -0.05) is 124 Å². The van der Waals surface area contributed by atoms with Crippen molar-refractivity contribution in [1.82, 2.24) is 5.32 Å². The van der Waals surface area contributed by atoms with Crippen molar-refractivity contribution in [3.63, 3.8) is 0 Å². The lowest BCUT2D eigenvalue weighted by Crippen LogP contribution is -2.37. The smallest absolute Gasteiger partial charge is 0.205 e. The van der Waals surface area contributed by atoms with Gasteiger partial charge in [0.15, 0.2) is 0 Å². The van der Waals surface area contributed by atoms with E-state index in [1.807, 2.05) is 12.4 Å². The monoisotopic (exact) mass is 523 g/mol. The van der Waals surface area contributed by atoms with Crippen molar-refractivity contribution in [3.8, 4) is 11.1 Å². The molecule has 0 spiro atoms. The zero-order chi connectivity index (χ0) is 27.7. The van der Waals surface area contributed by atoms with Crippen LogP contribution in [0.25, 0.3) is 17.2 Å². The molecule has 2 unspecified atom stereocenters. The van der Waals surface area contributed by atoms with Gasteiger partial charge in [-0.25, -0.2) is 9.98 Å². The topological polar surface area (TPSA) is 36.8 Å². The van der Waals surface area contributed by atoms with E-state index in [4.69, 9.17) is 9.98 Å². The van der Waals surface area contributed by atoms with E-state index < -0.39 is 5.66 Å². The van der Waals surface area contributed by atoms with E-state index in [9.17, 15) is 0 Å². The second-order valence-electron chi connectivity index (χ2n) is 11.8. The van der Waals surface area contributed by atoms with E-state index >= 15 is 0 Å². The van der Waals surface area contributed by atoms with E-state index in [-0.39, 0.29) is 5.41 Å². The highest BCUT2D eigenvalue weighted by molar-refractivity contribution is 6.07. The Labute approximate surface area is 238 Å². The maximum Gasteiger partial charge on any atom is 0.205 e. The molecule has 0 saturated carbocycles. The molecule has 40 heavy (non-hydrogen) atoms. The molecule has 1 heterocycles. The van der Waals surface area contributed by atoms with Crippen LogP contribution in [0.1, 0.15) is 61.4 Å². The molecule has 3 aromatic carbocycles.